The highest BCUT2D eigenvalue weighted by molar-refractivity contribution is 9.09. The van der Waals surface area contributed by atoms with Crippen LogP contribution in [0.15, 0.2) is 54.6 Å². The highest BCUT2D eigenvalue weighted by Crippen LogP contribution is 2.31. The van der Waals surface area contributed by atoms with E-state index >= 15 is 0 Å². The van der Waals surface area contributed by atoms with Crippen molar-refractivity contribution >= 4 is 27.9 Å². The molecule has 0 radical (unpaired) electrons. The molecule has 0 fully saturated rings. The monoisotopic (exact) mass is 458 g/mol. The number of hydrogen-bond acceptors (Lipinski definition) is 6. The topological polar surface area (TPSA) is 79.7 Å². The van der Waals surface area contributed by atoms with Gasteiger partial charge in [-0.3, -0.25) is 0 Å². The Morgan fingerprint density at radius 2 is 1.72 bits per heavy atom. The van der Waals surface area contributed by atoms with Gasteiger partial charge in [0.05, 0.1) is 26.5 Å². The van der Waals surface area contributed by atoms with Gasteiger partial charge in [0, 0.05) is 10.9 Å². The molecule has 7 nitrogen and oxygen atoms in total. The van der Waals surface area contributed by atoms with Crippen LogP contribution in [0, 0.1) is 0 Å². The van der Waals surface area contributed by atoms with Crippen molar-refractivity contribution in [2.24, 2.45) is 0 Å². The number of hydrogen-bond donors (Lipinski definition) is 0. The van der Waals surface area contributed by atoms with Crippen molar-refractivity contribution in [3.8, 4) is 22.7 Å². The number of alkyl halides is 1. The van der Waals surface area contributed by atoms with E-state index in [1.165, 1.54) is 18.9 Å². The van der Waals surface area contributed by atoms with E-state index in [4.69, 9.17) is 14.2 Å². The average Bonchev–Trinajstić information content (AvgIpc) is 3.18. The molecule has 0 unspecified atom stereocenters. The lowest BCUT2D eigenvalue weighted by molar-refractivity contribution is 0.0549. The molecule has 8 heteroatoms. The number of nitrogens with zero attached hydrogens (tertiary/aromatic N) is 2. The van der Waals surface area contributed by atoms with E-state index in [-0.39, 0.29) is 11.3 Å². The lowest BCUT2D eigenvalue weighted by atomic mass is 10.1. The van der Waals surface area contributed by atoms with Gasteiger partial charge in [0.25, 0.3) is 0 Å². The molecule has 0 bridgehead atoms. The quantitative estimate of drug-likeness (QED) is 0.394. The minimum atomic E-state index is -0.695. The first kappa shape index (κ1) is 20.6. The van der Waals surface area contributed by atoms with Crippen LogP contribution in [0.3, 0.4) is 0 Å². The van der Waals surface area contributed by atoms with Crippen LogP contribution in [0.5, 0.6) is 5.75 Å². The number of rotatable bonds is 7. The minimum absolute atomic E-state index is 0.00710. The van der Waals surface area contributed by atoms with E-state index in [0.717, 1.165) is 0 Å². The highest BCUT2D eigenvalue weighted by atomic mass is 79.9. The Morgan fingerprint density at radius 3 is 2.38 bits per heavy atom. The second-order valence-electron chi connectivity index (χ2n) is 5.87. The van der Waals surface area contributed by atoms with Gasteiger partial charge in [-0.05, 0) is 24.3 Å². The number of carbonyl (C=O) groups excluding carboxylic acids is 2. The lowest BCUT2D eigenvalue weighted by Crippen LogP contribution is -2.15. The van der Waals surface area contributed by atoms with Crippen molar-refractivity contribution in [1.82, 2.24) is 9.78 Å². The first-order chi connectivity index (χ1) is 14.1. The van der Waals surface area contributed by atoms with E-state index in [0.29, 0.717) is 34.6 Å². The number of ether oxygens (including phenoxy) is 3. The maximum atomic E-state index is 12.6. The SMILES string of the molecule is COC(=O)c1c(-c2cccc(OCCBr)c2)nn(-c2ccccc2)c1C(=O)OC. The van der Waals surface area contributed by atoms with Gasteiger partial charge >= 0.3 is 11.9 Å². The summed E-state index contributed by atoms with van der Waals surface area (Å²) in [6.07, 6.45) is 0. The molecule has 0 spiro atoms. The summed E-state index contributed by atoms with van der Waals surface area (Å²) in [5, 5.41) is 5.24. The number of esters is 2. The minimum Gasteiger partial charge on any atom is -0.493 e. The molecule has 0 saturated carbocycles. The van der Waals surface area contributed by atoms with Crippen LogP contribution in [0.4, 0.5) is 0 Å². The van der Waals surface area contributed by atoms with Gasteiger partial charge in [0.2, 0.25) is 0 Å². The molecule has 0 aliphatic rings. The molecule has 29 heavy (non-hydrogen) atoms. The molecule has 3 aromatic rings. The van der Waals surface area contributed by atoms with E-state index in [9.17, 15) is 9.59 Å². The fourth-order valence-corrected chi connectivity index (χ4v) is 3.01. The Balaban J connectivity index is 2.25. The second-order valence-corrected chi connectivity index (χ2v) is 6.66. The largest absolute Gasteiger partial charge is 0.493 e. The molecule has 0 N–H and O–H groups in total. The molecule has 0 amide bonds. The summed E-state index contributed by atoms with van der Waals surface area (Å²) in [4.78, 5) is 25.2. The molecule has 150 valence electrons. The van der Waals surface area contributed by atoms with Crippen LogP contribution in [0.1, 0.15) is 20.8 Å². The van der Waals surface area contributed by atoms with Gasteiger partial charge in [-0.1, -0.05) is 46.3 Å². The number of carbonyl (C=O) groups is 2. The first-order valence-electron chi connectivity index (χ1n) is 8.75. The second kappa shape index (κ2) is 9.38. The first-order valence-corrected chi connectivity index (χ1v) is 9.87. The van der Waals surface area contributed by atoms with Gasteiger partial charge in [-0.2, -0.15) is 5.10 Å². The molecule has 0 atom stereocenters. The Morgan fingerprint density at radius 1 is 1.00 bits per heavy atom. The number of methoxy groups -OCH3 is 2. The summed E-state index contributed by atoms with van der Waals surface area (Å²) in [7, 11) is 2.50. The number of aromatic nitrogens is 2. The summed E-state index contributed by atoms with van der Waals surface area (Å²) in [6.45, 7) is 0.485. The van der Waals surface area contributed by atoms with E-state index in [1.54, 1.807) is 36.4 Å². The number of halogens is 1. The normalized spacial score (nSPS) is 10.4. The predicted molar refractivity (Wildman–Crippen MR) is 111 cm³/mol. The van der Waals surface area contributed by atoms with Crippen LogP contribution in [-0.2, 0) is 9.47 Å². The summed E-state index contributed by atoms with van der Waals surface area (Å²) >= 11 is 3.32. The molecule has 3 rings (SSSR count). The van der Waals surface area contributed by atoms with E-state index in [1.807, 2.05) is 18.2 Å². The van der Waals surface area contributed by atoms with Gasteiger partial charge in [0.1, 0.15) is 17.0 Å². The van der Waals surface area contributed by atoms with Gasteiger partial charge in [-0.15, -0.1) is 0 Å². The Labute approximate surface area is 176 Å². The number of benzene rings is 2. The molecule has 1 heterocycles. The van der Waals surface area contributed by atoms with Crippen LogP contribution < -0.4 is 4.74 Å². The highest BCUT2D eigenvalue weighted by Gasteiger charge is 2.31. The average molecular weight is 459 g/mol. The van der Waals surface area contributed by atoms with Crippen LogP contribution in [0.2, 0.25) is 0 Å². The molecule has 0 saturated heterocycles. The molecule has 1 aromatic heterocycles. The molecular formula is C21H19BrN2O5. The fourth-order valence-electron chi connectivity index (χ4n) is 2.85. The molecular weight excluding hydrogens is 440 g/mol. The van der Waals surface area contributed by atoms with Gasteiger partial charge in [-0.25, -0.2) is 14.3 Å². The fraction of sp³-hybridized carbons (Fsp3) is 0.190. The summed E-state index contributed by atoms with van der Waals surface area (Å²) < 4.78 is 16.9. The summed E-state index contributed by atoms with van der Waals surface area (Å²) in [6, 6.07) is 16.2. The van der Waals surface area contributed by atoms with Crippen molar-refractivity contribution < 1.29 is 23.8 Å². The Kier molecular flexibility index (Phi) is 6.66. The van der Waals surface area contributed by atoms with Crippen LogP contribution in [-0.4, -0.2) is 47.9 Å². The smallest absolute Gasteiger partial charge is 0.357 e. The third kappa shape index (κ3) is 4.32. The van der Waals surface area contributed by atoms with Gasteiger partial charge in [0.15, 0.2) is 5.69 Å². The van der Waals surface area contributed by atoms with E-state index in [2.05, 4.69) is 21.0 Å². The third-order valence-corrected chi connectivity index (χ3v) is 4.43. The molecule has 0 aliphatic carbocycles. The predicted octanol–water partition coefficient (Wildman–Crippen LogP) is 3.89. The van der Waals surface area contributed by atoms with Crippen molar-refractivity contribution in [3.05, 3.63) is 65.9 Å². The maximum Gasteiger partial charge on any atom is 0.357 e. The zero-order valence-corrected chi connectivity index (χ0v) is 17.5. The molecule has 2 aromatic carbocycles. The van der Waals surface area contributed by atoms with Crippen molar-refractivity contribution in [2.45, 2.75) is 0 Å². The standard InChI is InChI=1S/C21H19BrN2O5/c1-27-20(25)17-18(14-7-6-10-16(13-14)29-12-11-22)23-24(19(17)21(26)28-2)15-8-4-3-5-9-15/h3-10,13H,11-12H2,1-2H3. The number of para-hydroxylation sites is 1. The van der Waals surface area contributed by atoms with Crippen molar-refractivity contribution in [2.75, 3.05) is 26.2 Å². The third-order valence-electron chi connectivity index (χ3n) is 4.11. The zero-order chi connectivity index (χ0) is 20.8. The van der Waals surface area contributed by atoms with Gasteiger partial charge < -0.3 is 14.2 Å². The lowest BCUT2D eigenvalue weighted by Gasteiger charge is -2.07. The maximum absolute atomic E-state index is 12.6. The van der Waals surface area contributed by atoms with E-state index < -0.39 is 11.9 Å². The summed E-state index contributed by atoms with van der Waals surface area (Å²) in [5.74, 6) is -0.763. The zero-order valence-electron chi connectivity index (χ0n) is 15.9. The Bertz CT molecular complexity index is 1020. The summed E-state index contributed by atoms with van der Waals surface area (Å²) in [5.41, 5.74) is 1.53. The van der Waals surface area contributed by atoms with Crippen LogP contribution in [0.25, 0.3) is 16.9 Å². The molecule has 0 aliphatic heterocycles. The van der Waals surface area contributed by atoms with Crippen molar-refractivity contribution in [3.63, 3.8) is 0 Å². The Hall–Kier alpha value is -3.13. The van der Waals surface area contributed by atoms with Crippen LogP contribution >= 0.6 is 15.9 Å². The van der Waals surface area contributed by atoms with Crippen molar-refractivity contribution in [1.29, 1.82) is 0 Å².